The van der Waals surface area contributed by atoms with E-state index >= 15 is 4.79 Å². The largest absolute Gasteiger partial charge is 0.497 e. The van der Waals surface area contributed by atoms with Crippen LogP contribution in [0.15, 0.2) is 48.8 Å². The van der Waals surface area contributed by atoms with Gasteiger partial charge in [0.05, 0.1) is 93.8 Å². The second-order valence-corrected chi connectivity index (χ2v) is 17.8. The van der Waals surface area contributed by atoms with Crippen molar-refractivity contribution in [3.63, 3.8) is 0 Å². The highest BCUT2D eigenvalue weighted by atomic mass is 16.6. The molecule has 10 rings (SSSR count). The monoisotopic (exact) mass is 900 g/mol. The number of hydrogen-bond donors (Lipinski definition) is 0. The van der Waals surface area contributed by atoms with Gasteiger partial charge in [-0.2, -0.15) is 10.2 Å². The highest BCUT2D eigenvalue weighted by Crippen LogP contribution is 2.48. The Kier molecular flexibility index (Phi) is 12.6. The van der Waals surface area contributed by atoms with Gasteiger partial charge in [0, 0.05) is 68.4 Å². The average Bonchev–Trinajstić information content (AvgIpc) is 4.07. The molecule has 3 amide bonds. The summed E-state index contributed by atoms with van der Waals surface area (Å²) in [5.41, 5.74) is 9.35. The van der Waals surface area contributed by atoms with Crippen LogP contribution >= 0.6 is 0 Å². The lowest BCUT2D eigenvalue weighted by Gasteiger charge is -2.39. The number of amides is 3. The highest BCUT2D eigenvalue weighted by molar-refractivity contribution is 6.05. The van der Waals surface area contributed by atoms with E-state index in [4.69, 9.17) is 28.8 Å². The van der Waals surface area contributed by atoms with Crippen molar-refractivity contribution < 1.29 is 38.1 Å². The van der Waals surface area contributed by atoms with Gasteiger partial charge >= 0.3 is 0 Å². The number of morpholine rings is 3. The summed E-state index contributed by atoms with van der Waals surface area (Å²) in [6, 6.07) is 12.4. The Hall–Kier alpha value is -5.81. The van der Waals surface area contributed by atoms with Crippen molar-refractivity contribution >= 4 is 40.3 Å². The molecule has 0 radical (unpaired) electrons. The molecule has 7 heterocycles. The fraction of sp³-hybridized carbons (Fsp3) is 0.500. The van der Waals surface area contributed by atoms with Crippen LogP contribution in [0.4, 0.5) is 0 Å². The molecule has 348 valence electrons. The first-order chi connectivity index (χ1) is 32.3. The van der Waals surface area contributed by atoms with E-state index in [9.17, 15) is 9.59 Å². The number of nitrogens with zero attached hydrogens (tertiary/aromatic N) is 8. The van der Waals surface area contributed by atoms with Gasteiger partial charge in [0.2, 0.25) is 0 Å². The first kappa shape index (κ1) is 44.0. The summed E-state index contributed by atoms with van der Waals surface area (Å²) < 4.78 is 35.4. The number of rotatable bonds is 10. The Labute approximate surface area is 384 Å². The minimum atomic E-state index is -0.656. The lowest BCUT2D eigenvalue weighted by Crippen LogP contribution is -2.51. The molecule has 2 unspecified atom stereocenters. The van der Waals surface area contributed by atoms with Crippen LogP contribution in [0.3, 0.4) is 0 Å². The van der Waals surface area contributed by atoms with Gasteiger partial charge in [-0.05, 0) is 85.7 Å². The Bertz CT molecular complexity index is 2660. The van der Waals surface area contributed by atoms with Crippen LogP contribution < -0.4 is 4.74 Å². The van der Waals surface area contributed by atoms with Crippen LogP contribution in [-0.4, -0.2) is 143 Å². The van der Waals surface area contributed by atoms with Crippen molar-refractivity contribution in [1.82, 2.24) is 38.8 Å². The zero-order chi connectivity index (χ0) is 45.5. The summed E-state index contributed by atoms with van der Waals surface area (Å²) in [5.74, 6) is 0.682. The quantitative estimate of drug-likeness (QED) is 0.153. The topological polar surface area (TPSA) is 148 Å². The van der Waals surface area contributed by atoms with Crippen molar-refractivity contribution in [2.45, 2.75) is 83.8 Å². The molecule has 1 aliphatic carbocycles. The average molecular weight is 901 g/mol. The molecule has 2 aromatic carbocycles. The van der Waals surface area contributed by atoms with E-state index in [0.29, 0.717) is 101 Å². The van der Waals surface area contributed by atoms with Crippen LogP contribution in [-0.2, 0) is 38.6 Å². The van der Waals surface area contributed by atoms with E-state index in [0.717, 1.165) is 70.4 Å². The molecule has 5 aliphatic rings. The predicted molar refractivity (Wildman–Crippen MR) is 247 cm³/mol. The fourth-order valence-electron chi connectivity index (χ4n) is 10.8. The van der Waals surface area contributed by atoms with Crippen molar-refractivity contribution in [2.24, 2.45) is 0 Å². The molecule has 4 fully saturated rings. The van der Waals surface area contributed by atoms with Crippen LogP contribution in [0.2, 0.25) is 0 Å². The zero-order valence-electron chi connectivity index (χ0n) is 38.5. The molecule has 66 heavy (non-hydrogen) atoms. The molecule has 3 saturated heterocycles. The lowest BCUT2D eigenvalue weighted by molar-refractivity contribution is -0.140. The summed E-state index contributed by atoms with van der Waals surface area (Å²) in [7, 11) is 3.27. The molecule has 0 spiro atoms. The molecular formula is C50H60N8O8. The van der Waals surface area contributed by atoms with Crippen LogP contribution in [0.1, 0.15) is 112 Å². The molecule has 16 nitrogen and oxygen atoms in total. The van der Waals surface area contributed by atoms with E-state index in [-0.39, 0.29) is 30.9 Å². The van der Waals surface area contributed by atoms with Crippen molar-refractivity contribution in [1.29, 1.82) is 0 Å². The standard InChI is InChI=1S/C50H60N8O8/c1-5-57-45(39(27-51-57)49(60)53-16-20-64-21-17-53)35-24-34-25-36(62-3)13-15-37(34)47-44(32-10-8-7-9-11-32)38-14-12-33(26-41(38)55(47)29-35)48(59)56-30-42(66-31-43(56)63-4)46-40(28-52-58(46)6-2)50(61)54-18-22-65-23-19-54/h12-15,24-28,32,42-43H,5-11,16-23,29-31H2,1-4H3. The summed E-state index contributed by atoms with van der Waals surface area (Å²) in [4.78, 5) is 48.8. The number of allylic oxidation sites excluding steroid dienone is 1. The molecule has 0 bridgehead atoms. The zero-order valence-corrected chi connectivity index (χ0v) is 38.5. The van der Waals surface area contributed by atoms with Gasteiger partial charge in [0.15, 0.2) is 6.23 Å². The number of benzene rings is 2. The number of carbonyl (C=O) groups is 3. The Morgan fingerprint density at radius 2 is 1.45 bits per heavy atom. The number of carbonyl (C=O) groups excluding carboxylic acids is 3. The van der Waals surface area contributed by atoms with Gasteiger partial charge in [-0.1, -0.05) is 25.3 Å². The van der Waals surface area contributed by atoms with Crippen LogP contribution in [0, 0.1) is 0 Å². The number of aryl methyl sites for hydroxylation is 2. The lowest BCUT2D eigenvalue weighted by atomic mass is 9.81. The maximum atomic E-state index is 15.1. The number of aromatic nitrogens is 5. The van der Waals surface area contributed by atoms with Crippen LogP contribution in [0.5, 0.6) is 5.75 Å². The van der Waals surface area contributed by atoms with Crippen molar-refractivity contribution in [3.8, 4) is 17.0 Å². The summed E-state index contributed by atoms with van der Waals surface area (Å²) in [6.45, 7) is 9.84. The minimum absolute atomic E-state index is 0.0616. The Morgan fingerprint density at radius 1 is 0.773 bits per heavy atom. The van der Waals surface area contributed by atoms with E-state index in [2.05, 4.69) is 33.9 Å². The fourth-order valence-corrected chi connectivity index (χ4v) is 10.8. The molecule has 3 aromatic heterocycles. The first-order valence-electron chi connectivity index (χ1n) is 23.7. The molecule has 2 atom stereocenters. The third-order valence-corrected chi connectivity index (χ3v) is 14.2. The SMILES string of the molecule is CCn1ncc(C(=O)N2CCOCC2)c1C1=Cc2cc(OC)ccc2-c2c(C3CCCCC3)c3ccc(C(=O)N4CC(c5c(C(=O)N6CCOCC6)cnn5CC)OCC4OC)cc3n2C1. The Balaban J connectivity index is 1.09. The minimum Gasteiger partial charge on any atom is -0.497 e. The van der Waals surface area contributed by atoms with Gasteiger partial charge in [-0.15, -0.1) is 0 Å². The molecule has 5 aromatic rings. The second kappa shape index (κ2) is 18.8. The van der Waals surface area contributed by atoms with Crippen molar-refractivity contribution in [3.05, 3.63) is 88.0 Å². The first-order valence-corrected chi connectivity index (χ1v) is 23.7. The van der Waals surface area contributed by atoms with Gasteiger partial charge < -0.3 is 43.0 Å². The number of ether oxygens (including phenoxy) is 5. The molecular weight excluding hydrogens is 841 g/mol. The van der Waals surface area contributed by atoms with E-state index < -0.39 is 12.3 Å². The Morgan fingerprint density at radius 3 is 2.14 bits per heavy atom. The summed E-state index contributed by atoms with van der Waals surface area (Å²) in [6.07, 6.45) is 9.94. The molecule has 1 saturated carbocycles. The van der Waals surface area contributed by atoms with Gasteiger partial charge in [0.1, 0.15) is 11.9 Å². The normalized spacial score (nSPS) is 20.5. The third kappa shape index (κ3) is 7.90. The summed E-state index contributed by atoms with van der Waals surface area (Å²) in [5, 5.41) is 10.5. The van der Waals surface area contributed by atoms with Crippen molar-refractivity contribution in [2.75, 3.05) is 80.0 Å². The summed E-state index contributed by atoms with van der Waals surface area (Å²) >= 11 is 0. The molecule has 4 aliphatic heterocycles. The molecule has 16 heteroatoms. The van der Waals surface area contributed by atoms with E-state index in [1.807, 2.05) is 41.6 Å². The number of hydrogen-bond acceptors (Lipinski definition) is 10. The van der Waals surface area contributed by atoms with Crippen LogP contribution in [0.25, 0.3) is 33.8 Å². The van der Waals surface area contributed by atoms with E-state index in [1.54, 1.807) is 41.1 Å². The predicted octanol–water partition coefficient (Wildman–Crippen LogP) is 6.48. The van der Waals surface area contributed by atoms with Gasteiger partial charge in [0.25, 0.3) is 17.7 Å². The number of fused-ring (bicyclic) bond motifs is 5. The van der Waals surface area contributed by atoms with E-state index in [1.165, 1.54) is 12.0 Å². The smallest absolute Gasteiger partial charge is 0.257 e. The van der Waals surface area contributed by atoms with Gasteiger partial charge in [-0.3, -0.25) is 23.7 Å². The second-order valence-electron chi connectivity index (χ2n) is 17.8. The third-order valence-electron chi connectivity index (χ3n) is 14.2. The highest BCUT2D eigenvalue weighted by Gasteiger charge is 2.39. The van der Waals surface area contributed by atoms with Gasteiger partial charge in [-0.25, -0.2) is 0 Å². The maximum Gasteiger partial charge on any atom is 0.257 e. The molecule has 0 N–H and O–H groups in total. The maximum absolute atomic E-state index is 15.1. The number of methoxy groups -OCH3 is 2.